The van der Waals surface area contributed by atoms with E-state index in [9.17, 15) is 29.3 Å². The van der Waals surface area contributed by atoms with Gasteiger partial charge in [0.15, 0.2) is 6.10 Å². The van der Waals surface area contributed by atoms with Gasteiger partial charge in [-0.2, -0.15) is 0 Å². The summed E-state index contributed by atoms with van der Waals surface area (Å²) >= 11 is 0. The van der Waals surface area contributed by atoms with Crippen LogP contribution in [0, 0.1) is 0 Å². The number of esters is 2. The van der Waals surface area contributed by atoms with Gasteiger partial charge < -0.3 is 29.1 Å². The first kappa shape index (κ1) is 59.4. The van der Waals surface area contributed by atoms with Crippen LogP contribution in [-0.2, 0) is 32.7 Å². The monoisotopic (exact) mass is 895 g/mol. The molecule has 0 bridgehead atoms. The maximum Gasteiger partial charge on any atom is 0.472 e. The van der Waals surface area contributed by atoms with Gasteiger partial charge in [-0.05, 0) is 83.5 Å². The maximum absolute atomic E-state index is 12.7. The molecule has 0 aromatic carbocycles. The van der Waals surface area contributed by atoms with Crippen molar-refractivity contribution in [1.29, 1.82) is 0 Å². The normalized spacial score (nSPS) is 15.2. The zero-order valence-corrected chi connectivity index (χ0v) is 40.4. The van der Waals surface area contributed by atoms with E-state index in [0.717, 1.165) is 57.8 Å². The minimum Gasteiger partial charge on any atom is -0.462 e. The summed E-state index contributed by atoms with van der Waals surface area (Å²) in [5.74, 6) is -1.10. The van der Waals surface area contributed by atoms with Crippen molar-refractivity contribution in [2.24, 2.45) is 0 Å². The molecule has 0 aliphatic heterocycles. The Balaban J connectivity index is 4.54. The number of hydrogen-bond acceptors (Lipinski definition) is 9. The number of allylic oxidation sites excluding steroid dienone is 11. The van der Waals surface area contributed by atoms with E-state index in [0.29, 0.717) is 23.9 Å². The number of quaternary nitrogens is 1. The number of nitrogens with zero attached hydrogens (tertiary/aromatic N) is 1. The van der Waals surface area contributed by atoms with Crippen LogP contribution in [0.5, 0.6) is 0 Å². The van der Waals surface area contributed by atoms with E-state index in [1.807, 2.05) is 33.3 Å². The first-order valence-electron chi connectivity index (χ1n) is 23.8. The zero-order valence-electron chi connectivity index (χ0n) is 39.6. The van der Waals surface area contributed by atoms with Gasteiger partial charge in [-0.1, -0.05) is 145 Å². The molecule has 0 rings (SSSR count). The van der Waals surface area contributed by atoms with Gasteiger partial charge in [0.2, 0.25) is 0 Å². The molecule has 0 spiro atoms. The number of phosphoric acid groups is 1. The Kier molecular flexibility index (Phi) is 39.4. The minimum atomic E-state index is -4.45. The Labute approximate surface area is 377 Å². The molecule has 11 nitrogen and oxygen atoms in total. The first-order valence-corrected chi connectivity index (χ1v) is 25.3. The molecule has 12 heteroatoms. The minimum absolute atomic E-state index is 0.0180. The quantitative estimate of drug-likeness (QED) is 0.0178. The summed E-state index contributed by atoms with van der Waals surface area (Å²) in [7, 11) is 1.31. The lowest BCUT2D eigenvalue weighted by atomic mass is 10.0. The predicted octanol–water partition coefficient (Wildman–Crippen LogP) is 11.7. The van der Waals surface area contributed by atoms with E-state index in [1.165, 1.54) is 57.8 Å². The van der Waals surface area contributed by atoms with E-state index in [4.69, 9.17) is 18.5 Å². The molecular formula is C50H89NO10P+. The molecule has 0 fully saturated rings. The van der Waals surface area contributed by atoms with Crippen LogP contribution >= 0.6 is 7.82 Å². The van der Waals surface area contributed by atoms with Crippen LogP contribution in [0.2, 0.25) is 0 Å². The van der Waals surface area contributed by atoms with Crippen molar-refractivity contribution in [3.63, 3.8) is 0 Å². The second-order valence-corrected chi connectivity index (χ2v) is 18.5. The topological polar surface area (TPSA) is 149 Å². The van der Waals surface area contributed by atoms with Gasteiger partial charge in [0, 0.05) is 12.8 Å². The number of likely N-dealkylation sites (N-methyl/N-ethyl adjacent to an activating group) is 1. The molecule has 0 aliphatic rings. The number of ether oxygens (including phenoxy) is 2. The highest BCUT2D eigenvalue weighted by Gasteiger charge is 2.27. The Morgan fingerprint density at radius 2 is 1.08 bits per heavy atom. The summed E-state index contributed by atoms with van der Waals surface area (Å²) in [6.45, 7) is 3.93. The highest BCUT2D eigenvalue weighted by Crippen LogP contribution is 2.43. The molecule has 0 saturated carbocycles. The fourth-order valence-electron chi connectivity index (χ4n) is 6.07. The number of aliphatic hydroxyl groups is 2. The Hall–Kier alpha value is -2.63. The van der Waals surface area contributed by atoms with E-state index in [1.54, 1.807) is 0 Å². The molecule has 0 aromatic heterocycles. The Morgan fingerprint density at radius 1 is 0.581 bits per heavy atom. The average Bonchev–Trinajstić information content (AvgIpc) is 3.22. The van der Waals surface area contributed by atoms with Crippen molar-refractivity contribution < 1.29 is 52.3 Å². The summed E-state index contributed by atoms with van der Waals surface area (Å²) in [6.07, 6.45) is 44.1. The molecule has 0 heterocycles. The van der Waals surface area contributed by atoms with Crippen LogP contribution in [0.25, 0.3) is 0 Å². The number of hydrogen-bond donors (Lipinski definition) is 3. The van der Waals surface area contributed by atoms with Gasteiger partial charge in [-0.3, -0.25) is 18.6 Å². The molecule has 358 valence electrons. The maximum atomic E-state index is 12.7. The van der Waals surface area contributed by atoms with Crippen LogP contribution in [0.4, 0.5) is 0 Å². The number of carbonyl (C=O) groups is 2. The molecule has 0 saturated heterocycles. The van der Waals surface area contributed by atoms with Crippen molar-refractivity contribution >= 4 is 19.8 Å². The third kappa shape index (κ3) is 42.7. The highest BCUT2D eigenvalue weighted by atomic mass is 31.2. The summed E-state index contributed by atoms with van der Waals surface area (Å²) < 4.78 is 34.2. The van der Waals surface area contributed by atoms with Gasteiger partial charge in [-0.15, -0.1) is 0 Å². The molecule has 0 radical (unpaired) electrons. The number of unbranched alkanes of at least 4 members (excludes halogenated alkanes) is 12. The zero-order chi connectivity index (χ0) is 46.0. The largest absolute Gasteiger partial charge is 0.472 e. The molecule has 1 unspecified atom stereocenters. The van der Waals surface area contributed by atoms with E-state index in [2.05, 4.69) is 74.6 Å². The number of aliphatic hydroxyl groups excluding tert-OH is 2. The molecule has 3 N–H and O–H groups in total. The Morgan fingerprint density at radius 3 is 1.65 bits per heavy atom. The number of phosphoric ester groups is 1. The lowest BCUT2D eigenvalue weighted by Crippen LogP contribution is -2.37. The van der Waals surface area contributed by atoms with E-state index >= 15 is 0 Å². The fourth-order valence-corrected chi connectivity index (χ4v) is 6.81. The van der Waals surface area contributed by atoms with Crippen LogP contribution in [0.3, 0.4) is 0 Å². The van der Waals surface area contributed by atoms with Crippen molar-refractivity contribution in [3.05, 3.63) is 72.9 Å². The number of carbonyl (C=O) groups excluding carboxylic acids is 2. The lowest BCUT2D eigenvalue weighted by molar-refractivity contribution is -0.870. The second-order valence-electron chi connectivity index (χ2n) is 17.1. The summed E-state index contributed by atoms with van der Waals surface area (Å²) in [5.41, 5.74) is 0. The summed E-state index contributed by atoms with van der Waals surface area (Å²) in [5, 5.41) is 20.8. The van der Waals surface area contributed by atoms with Gasteiger partial charge in [-0.25, -0.2) is 4.57 Å². The Bertz CT molecular complexity index is 1320. The van der Waals surface area contributed by atoms with Crippen molar-refractivity contribution in [3.8, 4) is 0 Å². The average molecular weight is 895 g/mol. The SMILES string of the molecule is CC/C=C\C/C=C\C/C=C\C/C=C\C[C@H](O)[C@@H](O)CCCC(=O)OC[C@H](COP(=O)(O)OCC[N+](C)(C)C)OC(=O)CCCCCCCCCCC/C=C\C/C=C\CCCCC. The van der Waals surface area contributed by atoms with Crippen LogP contribution in [0.15, 0.2) is 72.9 Å². The standard InChI is InChI=1S/C50H88NO10P/c1-6-8-10-12-14-16-18-20-21-22-23-24-25-26-28-30-32-34-36-40-50(55)61-46(45-60-62(56,57)59-43-42-51(3,4)5)44-58-49(54)41-37-39-48(53)47(52)38-35-33-31-29-27-19-17-15-13-11-9-7-2/h9,11,14-17,20-21,27,29,33,35,46-48,52-53H,6-8,10,12-13,18-19,22-26,28,30-32,34,36-45H2,1-5H3/p+1/b11-9-,16-14-,17-15-,21-20-,29-27-,35-33-/t46-,47+,48+/m1/s1. The molecule has 0 aliphatic carbocycles. The highest BCUT2D eigenvalue weighted by molar-refractivity contribution is 7.47. The molecule has 62 heavy (non-hydrogen) atoms. The molecule has 0 aromatic rings. The first-order chi connectivity index (χ1) is 29.8. The third-order valence-corrected chi connectivity index (χ3v) is 10.9. The van der Waals surface area contributed by atoms with Gasteiger partial charge in [0.05, 0.1) is 40.0 Å². The van der Waals surface area contributed by atoms with Crippen LogP contribution < -0.4 is 0 Å². The van der Waals surface area contributed by atoms with Crippen molar-refractivity contribution in [1.82, 2.24) is 0 Å². The fraction of sp³-hybridized carbons (Fsp3) is 0.720. The third-order valence-electron chi connectivity index (χ3n) is 9.92. The molecular weight excluding hydrogens is 806 g/mol. The lowest BCUT2D eigenvalue weighted by Gasteiger charge is -2.24. The van der Waals surface area contributed by atoms with Crippen LogP contribution in [-0.4, -0.2) is 97.3 Å². The van der Waals surface area contributed by atoms with E-state index in [-0.39, 0.29) is 38.9 Å². The predicted molar refractivity (Wildman–Crippen MR) is 254 cm³/mol. The van der Waals surface area contributed by atoms with Gasteiger partial charge in [0.25, 0.3) is 0 Å². The summed E-state index contributed by atoms with van der Waals surface area (Å²) in [4.78, 5) is 35.5. The van der Waals surface area contributed by atoms with Crippen LogP contribution in [0.1, 0.15) is 168 Å². The molecule has 4 atom stereocenters. The van der Waals surface area contributed by atoms with Gasteiger partial charge >= 0.3 is 19.8 Å². The van der Waals surface area contributed by atoms with Gasteiger partial charge in [0.1, 0.15) is 19.8 Å². The summed E-state index contributed by atoms with van der Waals surface area (Å²) in [6, 6.07) is 0. The van der Waals surface area contributed by atoms with Crippen molar-refractivity contribution in [2.45, 2.75) is 186 Å². The smallest absolute Gasteiger partial charge is 0.462 e. The number of rotatable bonds is 42. The van der Waals surface area contributed by atoms with Crippen molar-refractivity contribution in [2.75, 3.05) is 47.5 Å². The van der Waals surface area contributed by atoms with E-state index < -0.39 is 44.7 Å². The second kappa shape index (κ2) is 41.1. The molecule has 0 amide bonds.